The summed E-state index contributed by atoms with van der Waals surface area (Å²) in [4.78, 5) is 4.07. The molecule has 0 saturated carbocycles. The van der Waals surface area contributed by atoms with Gasteiger partial charge in [0.1, 0.15) is 5.82 Å². The van der Waals surface area contributed by atoms with Crippen LogP contribution >= 0.6 is 0 Å². The molecule has 1 N–H and O–H groups in total. The average molecular weight is 419 g/mol. The molecule has 9 heteroatoms. The minimum absolute atomic E-state index is 0.339. The molecule has 0 unspecified atom stereocenters. The number of nitrogens with zero attached hydrogens (tertiary/aromatic N) is 6. The van der Waals surface area contributed by atoms with Gasteiger partial charge < -0.3 is 0 Å². The van der Waals surface area contributed by atoms with Gasteiger partial charge in [-0.2, -0.15) is 8.78 Å². The Morgan fingerprint density at radius 3 is 2.48 bits per heavy atom. The molecule has 0 amide bonds. The van der Waals surface area contributed by atoms with E-state index >= 15 is 0 Å². The van der Waals surface area contributed by atoms with Gasteiger partial charge in [-0.25, -0.2) is 14.8 Å². The van der Waals surface area contributed by atoms with Crippen LogP contribution in [-0.2, 0) is 18.9 Å². The summed E-state index contributed by atoms with van der Waals surface area (Å²) in [7, 11) is 0. The molecule has 0 aliphatic heterocycles. The number of terminal acetylenes is 1. The number of benzene rings is 2. The Balaban J connectivity index is 1.61. The van der Waals surface area contributed by atoms with Crippen LogP contribution < -0.4 is 0 Å². The molecular formula is C22H19F2N7. The highest BCUT2D eigenvalue weighted by atomic mass is 19.3. The lowest BCUT2D eigenvalue weighted by Crippen LogP contribution is -2.10. The van der Waals surface area contributed by atoms with Crippen molar-refractivity contribution in [3.8, 4) is 34.9 Å². The van der Waals surface area contributed by atoms with Gasteiger partial charge in [0.25, 0.3) is 0 Å². The summed E-state index contributed by atoms with van der Waals surface area (Å²) in [6.45, 7) is 1.12. The summed E-state index contributed by atoms with van der Waals surface area (Å²) >= 11 is 0. The second-order valence-corrected chi connectivity index (χ2v) is 7.09. The number of halogens is 2. The molecule has 0 radical (unpaired) electrons. The zero-order valence-corrected chi connectivity index (χ0v) is 16.8. The van der Waals surface area contributed by atoms with E-state index in [-0.39, 0.29) is 0 Å². The first-order valence-corrected chi connectivity index (χ1v) is 9.63. The quantitative estimate of drug-likeness (QED) is 0.460. The van der Waals surface area contributed by atoms with E-state index in [1.807, 2.05) is 48.5 Å². The lowest BCUT2D eigenvalue weighted by molar-refractivity contribution is 0.00753. The van der Waals surface area contributed by atoms with E-state index in [0.717, 1.165) is 29.2 Å². The molecule has 156 valence electrons. The van der Waals surface area contributed by atoms with Crippen molar-refractivity contribution in [2.24, 2.45) is 0 Å². The fourth-order valence-corrected chi connectivity index (χ4v) is 3.24. The zero-order valence-electron chi connectivity index (χ0n) is 16.8. The standard InChI is InChI=1S/C22H19F2N7/c1-3-4-13-31-19(25-21(28-31)22(2,23)24)14-15-9-11-16(12-10-15)17-7-5-6-8-18(17)20-26-29-30-27-20/h1,5-12H,4,13-14H2,2H3,(H,26,27,29,30). The SMILES string of the molecule is C#CCCn1nc(C(C)(F)F)nc1Cc1ccc(-c2ccccc2-c2nnn[nH]2)cc1. The van der Waals surface area contributed by atoms with Crippen LogP contribution in [0.3, 0.4) is 0 Å². The fraction of sp³-hybridized carbons (Fsp3) is 0.227. The van der Waals surface area contributed by atoms with E-state index < -0.39 is 11.7 Å². The van der Waals surface area contributed by atoms with Gasteiger partial charge in [-0.05, 0) is 27.1 Å². The van der Waals surface area contributed by atoms with Crippen molar-refractivity contribution in [2.75, 3.05) is 0 Å². The minimum Gasteiger partial charge on any atom is -0.248 e. The fourth-order valence-electron chi connectivity index (χ4n) is 3.24. The van der Waals surface area contributed by atoms with E-state index in [1.54, 1.807) is 0 Å². The first-order valence-electron chi connectivity index (χ1n) is 9.63. The van der Waals surface area contributed by atoms with Crippen LogP contribution in [0.15, 0.2) is 48.5 Å². The van der Waals surface area contributed by atoms with Gasteiger partial charge >= 0.3 is 5.92 Å². The molecule has 0 aliphatic carbocycles. The molecule has 0 bridgehead atoms. The molecule has 0 fully saturated rings. The van der Waals surface area contributed by atoms with Gasteiger partial charge in [-0.3, -0.25) is 0 Å². The van der Waals surface area contributed by atoms with E-state index in [4.69, 9.17) is 6.42 Å². The molecule has 31 heavy (non-hydrogen) atoms. The largest absolute Gasteiger partial charge is 0.305 e. The van der Waals surface area contributed by atoms with Gasteiger partial charge in [0.05, 0.1) is 6.54 Å². The molecule has 2 aromatic carbocycles. The predicted octanol–water partition coefficient (Wildman–Crippen LogP) is 3.85. The Morgan fingerprint density at radius 2 is 1.84 bits per heavy atom. The van der Waals surface area contributed by atoms with Crippen LogP contribution in [0.2, 0.25) is 0 Å². The number of nitrogens with one attached hydrogen (secondary N) is 1. The monoisotopic (exact) mass is 419 g/mol. The number of hydrogen-bond acceptors (Lipinski definition) is 5. The maximum Gasteiger partial charge on any atom is 0.305 e. The molecule has 4 rings (SSSR count). The molecular weight excluding hydrogens is 400 g/mol. The van der Waals surface area contributed by atoms with Crippen molar-refractivity contribution in [3.63, 3.8) is 0 Å². The highest BCUT2D eigenvalue weighted by Gasteiger charge is 2.31. The maximum absolute atomic E-state index is 13.7. The molecule has 0 spiro atoms. The number of H-pyrrole nitrogens is 1. The highest BCUT2D eigenvalue weighted by Crippen LogP contribution is 2.30. The Morgan fingerprint density at radius 1 is 1.10 bits per heavy atom. The molecule has 2 aromatic heterocycles. The van der Waals surface area contributed by atoms with Crippen LogP contribution in [0.5, 0.6) is 0 Å². The third kappa shape index (κ3) is 4.48. The van der Waals surface area contributed by atoms with Crippen LogP contribution in [0.1, 0.15) is 30.6 Å². The first kappa shape index (κ1) is 20.3. The number of alkyl halides is 2. The number of rotatable bonds is 7. The highest BCUT2D eigenvalue weighted by molar-refractivity contribution is 5.80. The molecule has 0 atom stereocenters. The minimum atomic E-state index is -3.11. The Hall–Kier alpha value is -3.93. The van der Waals surface area contributed by atoms with Crippen molar-refractivity contribution < 1.29 is 8.78 Å². The number of aromatic nitrogens is 7. The van der Waals surface area contributed by atoms with Gasteiger partial charge in [-0.15, -0.1) is 22.5 Å². The summed E-state index contributed by atoms with van der Waals surface area (Å²) < 4.78 is 28.9. The van der Waals surface area contributed by atoms with Gasteiger partial charge in [0.2, 0.25) is 5.82 Å². The van der Waals surface area contributed by atoms with Crippen molar-refractivity contribution in [1.29, 1.82) is 0 Å². The Kier molecular flexibility index (Phi) is 5.54. The normalized spacial score (nSPS) is 11.4. The van der Waals surface area contributed by atoms with Gasteiger partial charge in [0.15, 0.2) is 5.82 Å². The van der Waals surface area contributed by atoms with Crippen LogP contribution in [0.25, 0.3) is 22.5 Å². The smallest absolute Gasteiger partial charge is 0.248 e. The zero-order chi connectivity index (χ0) is 21.8. The summed E-state index contributed by atoms with van der Waals surface area (Å²) in [6, 6.07) is 15.6. The van der Waals surface area contributed by atoms with Crippen molar-refractivity contribution in [3.05, 3.63) is 65.7 Å². The van der Waals surface area contributed by atoms with Gasteiger partial charge in [0, 0.05) is 25.3 Å². The summed E-state index contributed by atoms with van der Waals surface area (Å²) in [5, 5.41) is 18.0. The number of hydrogen-bond donors (Lipinski definition) is 1. The Labute approximate surface area is 177 Å². The van der Waals surface area contributed by atoms with Crippen LogP contribution in [0, 0.1) is 12.3 Å². The third-order valence-corrected chi connectivity index (χ3v) is 4.76. The lowest BCUT2D eigenvalue weighted by Gasteiger charge is -2.09. The molecule has 4 aromatic rings. The molecule has 2 heterocycles. The van der Waals surface area contributed by atoms with Crippen molar-refractivity contribution >= 4 is 0 Å². The third-order valence-electron chi connectivity index (χ3n) is 4.76. The van der Waals surface area contributed by atoms with Crippen LogP contribution in [-0.4, -0.2) is 35.4 Å². The second kappa shape index (κ2) is 8.44. The molecule has 0 saturated heterocycles. The van der Waals surface area contributed by atoms with Gasteiger partial charge in [-0.1, -0.05) is 48.5 Å². The maximum atomic E-state index is 13.7. The van der Waals surface area contributed by atoms with E-state index in [9.17, 15) is 8.78 Å². The van der Waals surface area contributed by atoms with Crippen LogP contribution in [0.4, 0.5) is 8.78 Å². The predicted molar refractivity (Wildman–Crippen MR) is 111 cm³/mol. The second-order valence-electron chi connectivity index (χ2n) is 7.09. The summed E-state index contributed by atoms with van der Waals surface area (Å²) in [5.41, 5.74) is 3.75. The number of aryl methyl sites for hydroxylation is 1. The summed E-state index contributed by atoms with van der Waals surface area (Å²) in [6.07, 6.45) is 6.07. The lowest BCUT2D eigenvalue weighted by atomic mass is 9.98. The number of aromatic amines is 1. The molecule has 0 aliphatic rings. The van der Waals surface area contributed by atoms with Crippen molar-refractivity contribution in [1.82, 2.24) is 35.4 Å². The van der Waals surface area contributed by atoms with E-state index in [1.165, 1.54) is 4.68 Å². The van der Waals surface area contributed by atoms with E-state index in [2.05, 4.69) is 36.6 Å². The summed E-state index contributed by atoms with van der Waals surface area (Å²) in [5.74, 6) is -0.0719. The molecule has 7 nitrogen and oxygen atoms in total. The van der Waals surface area contributed by atoms with E-state index in [0.29, 0.717) is 31.0 Å². The number of tetrazole rings is 1. The average Bonchev–Trinajstić information content (AvgIpc) is 3.43. The first-order chi connectivity index (χ1) is 15.0. The topological polar surface area (TPSA) is 85.2 Å². The Bertz CT molecular complexity index is 1200. The van der Waals surface area contributed by atoms with Crippen molar-refractivity contribution in [2.45, 2.75) is 32.2 Å².